The van der Waals surface area contributed by atoms with Gasteiger partial charge < -0.3 is 19.5 Å². The van der Waals surface area contributed by atoms with Crippen LogP contribution in [-0.2, 0) is 13.1 Å². The zero-order valence-electron chi connectivity index (χ0n) is 19.0. The molecule has 1 aliphatic heterocycles. The maximum atomic E-state index is 5.99. The van der Waals surface area contributed by atoms with Crippen LogP contribution in [0.25, 0.3) is 11.0 Å². The van der Waals surface area contributed by atoms with Gasteiger partial charge in [0, 0.05) is 24.5 Å². The van der Waals surface area contributed by atoms with Crippen molar-refractivity contribution in [1.82, 2.24) is 20.5 Å². The third-order valence-electron chi connectivity index (χ3n) is 6.28. The van der Waals surface area contributed by atoms with Crippen molar-refractivity contribution in [3.05, 3.63) is 52.9 Å². The Morgan fingerprint density at radius 3 is 2.58 bits per heavy atom. The van der Waals surface area contributed by atoms with Gasteiger partial charge in [-0.15, -0.1) is 0 Å². The summed E-state index contributed by atoms with van der Waals surface area (Å²) >= 11 is 0. The molecule has 0 spiro atoms. The minimum atomic E-state index is 0.619. The van der Waals surface area contributed by atoms with E-state index in [1.165, 1.54) is 10.9 Å². The number of aliphatic imine (C=N–C) groups is 1. The lowest BCUT2D eigenvalue weighted by Gasteiger charge is -2.31. The number of aromatic nitrogens is 1. The minimum Gasteiger partial charge on any atom is -0.459 e. The van der Waals surface area contributed by atoms with Crippen LogP contribution < -0.4 is 10.6 Å². The normalized spacial score (nSPS) is 16.2. The smallest absolute Gasteiger partial charge is 0.208 e. The summed E-state index contributed by atoms with van der Waals surface area (Å²) in [6, 6.07) is 8.15. The molecule has 1 fully saturated rings. The first kappa shape index (κ1) is 21.4. The Labute approximate surface area is 183 Å². The predicted molar refractivity (Wildman–Crippen MR) is 123 cm³/mol. The van der Waals surface area contributed by atoms with E-state index in [-0.39, 0.29) is 0 Å². The van der Waals surface area contributed by atoms with Gasteiger partial charge in [0.2, 0.25) is 5.89 Å². The number of para-hydroxylation sites is 1. The minimum absolute atomic E-state index is 0.619. The number of rotatable bonds is 6. The molecule has 4 rings (SSSR count). The van der Waals surface area contributed by atoms with Crippen molar-refractivity contribution in [3.8, 4) is 0 Å². The fraction of sp³-hybridized carbons (Fsp3) is 0.500. The Morgan fingerprint density at radius 2 is 1.90 bits per heavy atom. The molecule has 0 aliphatic carbocycles. The number of hydrogen-bond donors (Lipinski definition) is 2. The van der Waals surface area contributed by atoms with Crippen LogP contribution in [0.5, 0.6) is 0 Å². The Morgan fingerprint density at radius 1 is 1.13 bits per heavy atom. The van der Waals surface area contributed by atoms with Gasteiger partial charge in [-0.05, 0) is 58.7 Å². The van der Waals surface area contributed by atoms with Gasteiger partial charge >= 0.3 is 0 Å². The number of likely N-dealkylation sites (tertiary alicyclic amines) is 1. The molecule has 2 aromatic heterocycles. The molecule has 1 saturated heterocycles. The van der Waals surface area contributed by atoms with Gasteiger partial charge in [-0.25, -0.2) is 4.98 Å². The second-order valence-electron chi connectivity index (χ2n) is 8.42. The van der Waals surface area contributed by atoms with Crippen LogP contribution in [0.4, 0.5) is 0 Å². The van der Waals surface area contributed by atoms with E-state index in [1.54, 1.807) is 0 Å². The van der Waals surface area contributed by atoms with E-state index >= 15 is 0 Å². The van der Waals surface area contributed by atoms with Crippen molar-refractivity contribution < 1.29 is 8.83 Å². The molecule has 3 heterocycles. The molecule has 0 atom stereocenters. The summed E-state index contributed by atoms with van der Waals surface area (Å²) in [5.41, 5.74) is 3.11. The van der Waals surface area contributed by atoms with Gasteiger partial charge in [0.05, 0.1) is 18.8 Å². The first-order chi connectivity index (χ1) is 15.0. The van der Waals surface area contributed by atoms with Gasteiger partial charge in [0.25, 0.3) is 0 Å². The van der Waals surface area contributed by atoms with E-state index in [0.717, 1.165) is 73.7 Å². The molecule has 7 heteroatoms. The first-order valence-corrected chi connectivity index (χ1v) is 11.1. The number of hydrogen-bond acceptors (Lipinski definition) is 5. The zero-order chi connectivity index (χ0) is 21.8. The lowest BCUT2D eigenvalue weighted by Crippen LogP contribution is -2.42. The molecule has 2 N–H and O–H groups in total. The number of nitrogens with zero attached hydrogens (tertiary/aromatic N) is 3. The molecule has 0 unspecified atom stereocenters. The van der Waals surface area contributed by atoms with Gasteiger partial charge in [0.1, 0.15) is 17.1 Å². The molecule has 7 nitrogen and oxygen atoms in total. The van der Waals surface area contributed by atoms with Crippen LogP contribution >= 0.6 is 0 Å². The van der Waals surface area contributed by atoms with Crippen LogP contribution in [-0.4, -0.2) is 42.5 Å². The molecule has 1 aliphatic rings. The third kappa shape index (κ3) is 5.10. The van der Waals surface area contributed by atoms with Crippen LogP contribution in [0.15, 0.2) is 38.1 Å². The standard InChI is InChI=1S/C24H33N5O2/c1-16-20-7-5-6-8-21(20)31-22(16)14-27-24(25-4)26-13-19-9-11-29(12-10-19)15-23-28-17(2)18(3)30-23/h5-8,19H,9-15H2,1-4H3,(H2,25,26,27). The third-order valence-corrected chi connectivity index (χ3v) is 6.28. The molecule has 166 valence electrons. The predicted octanol–water partition coefficient (Wildman–Crippen LogP) is 3.92. The topological polar surface area (TPSA) is 78.8 Å². The van der Waals surface area contributed by atoms with Gasteiger partial charge in [-0.3, -0.25) is 9.89 Å². The van der Waals surface area contributed by atoms with Crippen LogP contribution in [0.3, 0.4) is 0 Å². The number of furan rings is 1. The van der Waals surface area contributed by atoms with Gasteiger partial charge in [-0.1, -0.05) is 18.2 Å². The van der Waals surface area contributed by atoms with Crippen molar-refractivity contribution in [3.63, 3.8) is 0 Å². The molecule has 0 saturated carbocycles. The number of aryl methyl sites for hydroxylation is 3. The molecule has 0 amide bonds. The number of nitrogens with one attached hydrogen (secondary N) is 2. The Hall–Kier alpha value is -2.80. The van der Waals surface area contributed by atoms with Crippen molar-refractivity contribution in [2.24, 2.45) is 10.9 Å². The fourth-order valence-electron chi connectivity index (χ4n) is 4.17. The molecule has 3 aromatic rings. The molecular weight excluding hydrogens is 390 g/mol. The summed E-state index contributed by atoms with van der Waals surface area (Å²) in [4.78, 5) is 11.3. The van der Waals surface area contributed by atoms with Crippen LogP contribution in [0.1, 0.15) is 41.5 Å². The highest BCUT2D eigenvalue weighted by Crippen LogP contribution is 2.24. The van der Waals surface area contributed by atoms with Gasteiger partial charge in [-0.2, -0.15) is 0 Å². The summed E-state index contributed by atoms with van der Waals surface area (Å²) in [6.07, 6.45) is 2.32. The molecule has 1 aromatic carbocycles. The molecule has 0 radical (unpaired) electrons. The maximum absolute atomic E-state index is 5.99. The average molecular weight is 424 g/mol. The lowest BCUT2D eigenvalue weighted by atomic mass is 9.97. The van der Waals surface area contributed by atoms with Gasteiger partial charge in [0.15, 0.2) is 5.96 Å². The van der Waals surface area contributed by atoms with E-state index < -0.39 is 0 Å². The number of fused-ring (bicyclic) bond motifs is 1. The zero-order valence-corrected chi connectivity index (χ0v) is 19.0. The van der Waals surface area contributed by atoms with Crippen LogP contribution in [0.2, 0.25) is 0 Å². The van der Waals surface area contributed by atoms with E-state index in [1.807, 2.05) is 39.1 Å². The second kappa shape index (κ2) is 9.56. The van der Waals surface area contributed by atoms with Crippen molar-refractivity contribution >= 4 is 16.9 Å². The highest BCUT2D eigenvalue weighted by Gasteiger charge is 2.21. The van der Waals surface area contributed by atoms with Crippen molar-refractivity contribution in [1.29, 1.82) is 0 Å². The number of benzene rings is 1. The quantitative estimate of drug-likeness (QED) is 0.462. The van der Waals surface area contributed by atoms with E-state index in [2.05, 4.69) is 38.5 Å². The SMILES string of the molecule is CN=C(NCc1oc2ccccc2c1C)NCC1CCN(Cc2nc(C)c(C)o2)CC1. The Kier molecular flexibility index (Phi) is 6.61. The summed E-state index contributed by atoms with van der Waals surface area (Å²) in [6.45, 7) is 10.5. The molecular formula is C24H33N5O2. The first-order valence-electron chi connectivity index (χ1n) is 11.1. The summed E-state index contributed by atoms with van der Waals surface area (Å²) in [5, 5.41) is 8.05. The average Bonchev–Trinajstić information content (AvgIpc) is 3.27. The number of oxazole rings is 1. The van der Waals surface area contributed by atoms with Crippen LogP contribution in [0, 0.1) is 26.7 Å². The second-order valence-corrected chi connectivity index (χ2v) is 8.42. The van der Waals surface area contributed by atoms with Crippen molar-refractivity contribution in [2.45, 2.75) is 46.7 Å². The maximum Gasteiger partial charge on any atom is 0.208 e. The van der Waals surface area contributed by atoms with Crippen molar-refractivity contribution in [2.75, 3.05) is 26.7 Å². The summed E-state index contributed by atoms with van der Waals surface area (Å²) < 4.78 is 11.7. The number of piperidine rings is 1. The Balaban J connectivity index is 1.21. The fourth-order valence-corrected chi connectivity index (χ4v) is 4.17. The van der Waals surface area contributed by atoms with E-state index in [4.69, 9.17) is 8.83 Å². The number of guanidine groups is 1. The molecule has 31 heavy (non-hydrogen) atoms. The van der Waals surface area contributed by atoms with E-state index in [9.17, 15) is 0 Å². The largest absolute Gasteiger partial charge is 0.459 e. The summed E-state index contributed by atoms with van der Waals surface area (Å²) in [7, 11) is 1.81. The molecule has 0 bridgehead atoms. The highest BCUT2D eigenvalue weighted by atomic mass is 16.4. The lowest BCUT2D eigenvalue weighted by molar-refractivity contribution is 0.164. The summed E-state index contributed by atoms with van der Waals surface area (Å²) in [5.74, 6) is 4.15. The van der Waals surface area contributed by atoms with E-state index in [0.29, 0.717) is 12.5 Å². The Bertz CT molecular complexity index is 1020. The highest BCUT2D eigenvalue weighted by molar-refractivity contribution is 5.82. The monoisotopic (exact) mass is 423 g/mol.